The highest BCUT2D eigenvalue weighted by Crippen LogP contribution is 2.41. The number of aryl methyl sites for hydroxylation is 1. The van der Waals surface area contributed by atoms with E-state index in [9.17, 15) is 9.59 Å². The quantitative estimate of drug-likeness (QED) is 0.296. The van der Waals surface area contributed by atoms with E-state index in [-0.39, 0.29) is 24.6 Å². The third-order valence-electron chi connectivity index (χ3n) is 9.17. The number of piperidine rings is 1. The number of unbranched alkanes of at least 4 members (excludes halogenated alkanes) is 1. The summed E-state index contributed by atoms with van der Waals surface area (Å²) in [6.45, 7) is 7.92. The second-order valence-electron chi connectivity index (χ2n) is 12.2. The highest BCUT2D eigenvalue weighted by Gasteiger charge is 2.36. The van der Waals surface area contributed by atoms with Crippen LogP contribution in [0.4, 0.5) is 5.69 Å². The highest BCUT2D eigenvalue weighted by atomic mass is 16.7. The van der Waals surface area contributed by atoms with Crippen LogP contribution < -0.4 is 14.4 Å². The third-order valence-corrected chi connectivity index (χ3v) is 9.17. The van der Waals surface area contributed by atoms with Crippen LogP contribution in [0.5, 0.6) is 11.5 Å². The lowest BCUT2D eigenvalue weighted by Crippen LogP contribution is -2.44. The van der Waals surface area contributed by atoms with Crippen LogP contribution in [-0.2, 0) is 9.59 Å². The number of carbonyl (C=O) groups excluding carboxylic acids is 2. The largest absolute Gasteiger partial charge is 0.454 e. The number of hydrogen-bond donors (Lipinski definition) is 0. The molecule has 2 saturated heterocycles. The van der Waals surface area contributed by atoms with Crippen LogP contribution in [0.25, 0.3) is 0 Å². The Balaban J connectivity index is 0.000000670. The van der Waals surface area contributed by atoms with Gasteiger partial charge in [0.15, 0.2) is 11.5 Å². The fourth-order valence-electron chi connectivity index (χ4n) is 6.31. The molecule has 2 aromatic rings. The number of anilines is 1. The molecule has 1 aliphatic carbocycles. The topological polar surface area (TPSA) is 75.2 Å². The van der Waals surface area contributed by atoms with Crippen molar-refractivity contribution < 1.29 is 19.1 Å². The maximum atomic E-state index is 13.7. The Morgan fingerprint density at radius 2 is 1.91 bits per heavy atom. The second kappa shape index (κ2) is 17.1. The predicted octanol–water partition coefficient (Wildman–Crippen LogP) is 6.32. The van der Waals surface area contributed by atoms with E-state index < -0.39 is 0 Å². The van der Waals surface area contributed by atoms with E-state index in [2.05, 4.69) is 48.7 Å². The number of hydrogen-bond acceptors (Lipinski definition) is 6. The molecular weight excluding hydrogens is 552 g/mol. The SMILES string of the molecule is C#C.C1CCC1.CCCCN(C(=O)CN1C[C@H](c2cc(C)c3c(c2)OCO3)C[C@@H]1CCN1CCCCC1=O)c1cccnc1. The Kier molecular flexibility index (Phi) is 12.9. The summed E-state index contributed by atoms with van der Waals surface area (Å²) in [5.74, 6) is 2.31. The molecule has 4 aliphatic rings. The summed E-state index contributed by atoms with van der Waals surface area (Å²) < 4.78 is 11.3. The van der Waals surface area contributed by atoms with Crippen LogP contribution in [0.15, 0.2) is 36.7 Å². The van der Waals surface area contributed by atoms with Gasteiger partial charge in [0, 0.05) is 44.8 Å². The monoisotopic (exact) mass is 602 g/mol. The molecule has 238 valence electrons. The van der Waals surface area contributed by atoms with Crippen molar-refractivity contribution in [1.82, 2.24) is 14.8 Å². The summed E-state index contributed by atoms with van der Waals surface area (Å²) in [5, 5.41) is 0. The van der Waals surface area contributed by atoms with E-state index in [1.54, 1.807) is 12.4 Å². The lowest BCUT2D eigenvalue weighted by Gasteiger charge is -2.31. The number of terminal acetylenes is 1. The van der Waals surface area contributed by atoms with Crippen molar-refractivity contribution in [1.29, 1.82) is 0 Å². The van der Waals surface area contributed by atoms with Crippen molar-refractivity contribution in [2.24, 2.45) is 0 Å². The van der Waals surface area contributed by atoms with Crippen molar-refractivity contribution in [2.75, 3.05) is 44.4 Å². The zero-order valence-corrected chi connectivity index (χ0v) is 26.7. The number of amides is 2. The molecule has 8 nitrogen and oxygen atoms in total. The van der Waals surface area contributed by atoms with Crippen molar-refractivity contribution in [3.8, 4) is 24.3 Å². The Hall–Kier alpha value is -3.57. The first kappa shape index (κ1) is 33.3. The smallest absolute Gasteiger partial charge is 0.241 e. The van der Waals surface area contributed by atoms with E-state index in [1.165, 1.54) is 31.2 Å². The molecule has 1 aromatic heterocycles. The number of carbonyl (C=O) groups is 2. The number of ether oxygens (including phenoxy) is 2. The minimum atomic E-state index is 0.105. The maximum absolute atomic E-state index is 13.7. The molecule has 0 radical (unpaired) electrons. The first-order valence-corrected chi connectivity index (χ1v) is 16.5. The number of fused-ring (bicyclic) bond motifs is 1. The van der Waals surface area contributed by atoms with Crippen LogP contribution in [0.3, 0.4) is 0 Å². The van der Waals surface area contributed by atoms with Gasteiger partial charge in [0.2, 0.25) is 18.6 Å². The Morgan fingerprint density at radius 3 is 2.59 bits per heavy atom. The average Bonchev–Trinajstić information content (AvgIpc) is 3.65. The van der Waals surface area contributed by atoms with Crippen LogP contribution in [-0.4, -0.2) is 72.2 Å². The minimum absolute atomic E-state index is 0.105. The number of rotatable bonds is 10. The Morgan fingerprint density at radius 1 is 1.11 bits per heavy atom. The molecule has 1 aromatic carbocycles. The molecular formula is C36H50N4O4. The van der Waals surface area contributed by atoms with Gasteiger partial charge in [-0.25, -0.2) is 0 Å². The average molecular weight is 603 g/mol. The van der Waals surface area contributed by atoms with Crippen molar-refractivity contribution in [3.63, 3.8) is 0 Å². The van der Waals surface area contributed by atoms with Gasteiger partial charge in [-0.2, -0.15) is 0 Å². The first-order chi connectivity index (χ1) is 21.5. The van der Waals surface area contributed by atoms with Gasteiger partial charge in [-0.15, -0.1) is 12.8 Å². The number of nitrogens with zero attached hydrogens (tertiary/aromatic N) is 4. The standard InChI is InChI=1S/C30H40N4O4.C4H8.C2H2/c1-3-4-13-34(26-8-7-11-31-18-26)29(36)20-33-19-24(23-15-22(2)30-27(17-23)37-21-38-30)16-25(33)10-14-32-12-6-5-9-28(32)35;1-2-4-3-1;1-2/h7-8,11,15,17-18,24-25H,3-6,9-10,12-14,16,19-21H2,1-2H3;1-4H2;1-2H/t24-,25+;;/m1../s1. The minimum Gasteiger partial charge on any atom is -0.454 e. The molecule has 0 N–H and O–H groups in total. The molecule has 8 heteroatoms. The number of benzene rings is 1. The van der Waals surface area contributed by atoms with Crippen molar-refractivity contribution >= 4 is 17.5 Å². The van der Waals surface area contributed by atoms with E-state index in [1.807, 2.05) is 21.9 Å². The summed E-state index contributed by atoms with van der Waals surface area (Å²) in [4.78, 5) is 36.7. The molecule has 0 spiro atoms. The number of pyridine rings is 1. The van der Waals surface area contributed by atoms with Crippen molar-refractivity contribution in [3.05, 3.63) is 47.8 Å². The van der Waals surface area contributed by atoms with Crippen LogP contribution in [0, 0.1) is 19.8 Å². The Labute approximate surface area is 264 Å². The molecule has 4 heterocycles. The molecule has 2 atom stereocenters. The van der Waals surface area contributed by atoms with Gasteiger partial charge >= 0.3 is 0 Å². The van der Waals surface area contributed by atoms with Crippen LogP contribution in [0.2, 0.25) is 0 Å². The second-order valence-corrected chi connectivity index (χ2v) is 12.2. The number of aromatic nitrogens is 1. The normalized spacial score (nSPS) is 20.5. The zero-order chi connectivity index (χ0) is 31.3. The molecule has 6 rings (SSSR count). The van der Waals surface area contributed by atoms with E-state index >= 15 is 0 Å². The molecule has 0 bridgehead atoms. The van der Waals surface area contributed by atoms with Gasteiger partial charge in [0.05, 0.1) is 18.4 Å². The summed E-state index contributed by atoms with van der Waals surface area (Å²) in [7, 11) is 0. The Bertz CT molecular complexity index is 1230. The van der Waals surface area contributed by atoms with E-state index in [0.29, 0.717) is 25.4 Å². The first-order valence-electron chi connectivity index (χ1n) is 16.5. The number of likely N-dealkylation sites (tertiary alicyclic amines) is 2. The van der Waals surface area contributed by atoms with Crippen LogP contribution in [0.1, 0.15) is 94.6 Å². The lowest BCUT2D eigenvalue weighted by atomic mass is 9.93. The predicted molar refractivity (Wildman–Crippen MR) is 175 cm³/mol. The zero-order valence-electron chi connectivity index (χ0n) is 26.7. The summed E-state index contributed by atoms with van der Waals surface area (Å²) in [6.07, 6.45) is 24.0. The van der Waals surface area contributed by atoms with Crippen molar-refractivity contribution in [2.45, 2.75) is 96.4 Å². The molecule has 2 amide bonds. The maximum Gasteiger partial charge on any atom is 0.241 e. The summed E-state index contributed by atoms with van der Waals surface area (Å²) in [5.41, 5.74) is 3.17. The lowest BCUT2D eigenvalue weighted by molar-refractivity contribution is -0.133. The molecule has 0 unspecified atom stereocenters. The van der Waals surface area contributed by atoms with Gasteiger partial charge in [-0.1, -0.05) is 45.1 Å². The molecule has 1 saturated carbocycles. The summed E-state index contributed by atoms with van der Waals surface area (Å²) in [6, 6.07) is 8.39. The van der Waals surface area contributed by atoms with Gasteiger partial charge in [0.1, 0.15) is 0 Å². The summed E-state index contributed by atoms with van der Waals surface area (Å²) >= 11 is 0. The van der Waals surface area contributed by atoms with Crippen LogP contribution >= 0.6 is 0 Å². The van der Waals surface area contributed by atoms with Gasteiger partial charge in [-0.05, 0) is 74.3 Å². The molecule has 3 aliphatic heterocycles. The fraction of sp³-hybridized carbons (Fsp3) is 0.583. The van der Waals surface area contributed by atoms with Gasteiger partial charge in [-0.3, -0.25) is 19.5 Å². The molecule has 3 fully saturated rings. The van der Waals surface area contributed by atoms with E-state index in [0.717, 1.165) is 80.9 Å². The third kappa shape index (κ3) is 8.75. The van der Waals surface area contributed by atoms with Gasteiger partial charge in [0.25, 0.3) is 0 Å². The molecule has 44 heavy (non-hydrogen) atoms. The highest BCUT2D eigenvalue weighted by molar-refractivity contribution is 5.94. The fourth-order valence-corrected chi connectivity index (χ4v) is 6.31. The van der Waals surface area contributed by atoms with Gasteiger partial charge < -0.3 is 19.3 Å². The van der Waals surface area contributed by atoms with E-state index in [4.69, 9.17) is 9.47 Å².